The van der Waals surface area contributed by atoms with Gasteiger partial charge in [0.05, 0.1) is 6.20 Å². The zero-order valence-electron chi connectivity index (χ0n) is 15.8. The lowest BCUT2D eigenvalue weighted by Crippen LogP contribution is -2.52. The molecule has 1 aliphatic rings. The second-order valence-corrected chi connectivity index (χ2v) is 7.00. The predicted molar refractivity (Wildman–Crippen MR) is 99.7 cm³/mol. The van der Waals surface area contributed by atoms with Gasteiger partial charge in [0.15, 0.2) is 11.5 Å². The number of rotatable bonds is 3. The van der Waals surface area contributed by atoms with E-state index in [9.17, 15) is 14.0 Å². The molecule has 28 heavy (non-hydrogen) atoms. The molecule has 1 fully saturated rings. The Kier molecular flexibility index (Phi) is 4.46. The number of imidazole rings is 1. The van der Waals surface area contributed by atoms with Crippen molar-refractivity contribution in [1.82, 2.24) is 24.0 Å². The third-order valence-corrected chi connectivity index (χ3v) is 5.11. The van der Waals surface area contributed by atoms with Gasteiger partial charge in [-0.2, -0.15) is 0 Å². The number of amides is 1. The van der Waals surface area contributed by atoms with Crippen molar-refractivity contribution in [3.05, 3.63) is 57.6 Å². The summed E-state index contributed by atoms with van der Waals surface area (Å²) in [6.07, 6.45) is 1.47. The molecule has 0 N–H and O–H groups in total. The van der Waals surface area contributed by atoms with Crippen molar-refractivity contribution in [3.63, 3.8) is 0 Å². The van der Waals surface area contributed by atoms with E-state index in [1.54, 1.807) is 31.0 Å². The van der Waals surface area contributed by atoms with Gasteiger partial charge in [-0.05, 0) is 24.1 Å². The molecule has 1 aliphatic heterocycles. The molecule has 3 aromatic rings. The maximum Gasteiger partial charge on any atom is 0.338 e. The van der Waals surface area contributed by atoms with Crippen LogP contribution < -0.4 is 5.69 Å². The van der Waals surface area contributed by atoms with E-state index in [-0.39, 0.29) is 18.3 Å². The summed E-state index contributed by atoms with van der Waals surface area (Å²) in [6, 6.07) is 4.58. The molecule has 0 radical (unpaired) electrons. The largest absolute Gasteiger partial charge is 0.377 e. The maximum atomic E-state index is 13.5. The first-order chi connectivity index (χ1) is 13.4. The Morgan fingerprint density at radius 3 is 2.79 bits per heavy atom. The van der Waals surface area contributed by atoms with Crippen LogP contribution in [0.2, 0.25) is 0 Å². The number of hydrogen-bond donors (Lipinski definition) is 0. The summed E-state index contributed by atoms with van der Waals surface area (Å²) in [4.78, 5) is 35.6. The fourth-order valence-corrected chi connectivity index (χ4v) is 3.44. The van der Waals surface area contributed by atoms with E-state index in [0.717, 1.165) is 10.1 Å². The summed E-state index contributed by atoms with van der Waals surface area (Å²) in [7, 11) is 3.10. The molecule has 0 saturated carbocycles. The Morgan fingerprint density at radius 1 is 1.36 bits per heavy atom. The molecule has 1 amide bonds. The van der Waals surface area contributed by atoms with E-state index >= 15 is 0 Å². The molecule has 2 aromatic heterocycles. The van der Waals surface area contributed by atoms with Crippen LogP contribution in [0, 0.1) is 12.7 Å². The molecule has 0 unspecified atom stereocenters. The highest BCUT2D eigenvalue weighted by Gasteiger charge is 2.34. The van der Waals surface area contributed by atoms with Crippen molar-refractivity contribution in [1.29, 1.82) is 0 Å². The number of methoxy groups -OCH3 is 1. The number of aryl methyl sites for hydroxylation is 2. The lowest BCUT2D eigenvalue weighted by Gasteiger charge is -2.39. The second-order valence-electron chi connectivity index (χ2n) is 7.00. The summed E-state index contributed by atoms with van der Waals surface area (Å²) in [5.41, 5.74) is 1.84. The number of hydrogen-bond acceptors (Lipinski definition) is 5. The Labute approximate surface area is 160 Å². The van der Waals surface area contributed by atoms with E-state index in [1.165, 1.54) is 23.9 Å². The summed E-state index contributed by atoms with van der Waals surface area (Å²) in [5, 5.41) is 0. The Hall–Kier alpha value is -3.07. The molecule has 3 heterocycles. The van der Waals surface area contributed by atoms with E-state index < -0.39 is 11.7 Å². The molecule has 0 atom stereocenters. The molecule has 1 aromatic carbocycles. The minimum Gasteiger partial charge on any atom is -0.377 e. The van der Waals surface area contributed by atoms with E-state index in [4.69, 9.17) is 4.74 Å². The van der Waals surface area contributed by atoms with Crippen LogP contribution in [0.1, 0.15) is 22.9 Å². The fourth-order valence-electron chi connectivity index (χ4n) is 3.44. The van der Waals surface area contributed by atoms with Crippen molar-refractivity contribution in [2.75, 3.05) is 20.2 Å². The average Bonchev–Trinajstić information content (AvgIpc) is 2.88. The van der Waals surface area contributed by atoms with Crippen LogP contribution in [0.4, 0.5) is 9.18 Å². The Morgan fingerprint density at radius 2 is 2.11 bits per heavy atom. The monoisotopic (exact) mass is 385 g/mol. The van der Waals surface area contributed by atoms with E-state index in [1.807, 2.05) is 0 Å². The van der Waals surface area contributed by atoms with Crippen LogP contribution >= 0.6 is 0 Å². The number of halogens is 1. The van der Waals surface area contributed by atoms with Crippen molar-refractivity contribution in [2.24, 2.45) is 7.05 Å². The number of likely N-dealkylation sites (tertiary alicyclic amines) is 1. The highest BCUT2D eigenvalue weighted by molar-refractivity contribution is 5.88. The van der Waals surface area contributed by atoms with Crippen molar-refractivity contribution in [3.8, 4) is 0 Å². The average molecular weight is 385 g/mol. The zero-order valence-corrected chi connectivity index (χ0v) is 15.8. The van der Waals surface area contributed by atoms with Crippen LogP contribution in [-0.2, 0) is 18.4 Å². The third-order valence-electron chi connectivity index (χ3n) is 5.11. The van der Waals surface area contributed by atoms with Crippen molar-refractivity contribution >= 4 is 17.2 Å². The first-order valence-electron chi connectivity index (χ1n) is 8.88. The Balaban J connectivity index is 1.59. The number of aromatic nitrogens is 4. The molecule has 4 rings (SSSR count). The molecule has 146 valence electrons. The van der Waals surface area contributed by atoms with Gasteiger partial charge in [0.2, 0.25) is 0 Å². The van der Waals surface area contributed by atoms with Gasteiger partial charge in [0.25, 0.3) is 0 Å². The molecule has 1 saturated heterocycles. The van der Waals surface area contributed by atoms with Gasteiger partial charge in [-0.15, -0.1) is 0 Å². The van der Waals surface area contributed by atoms with Crippen LogP contribution in [0.5, 0.6) is 0 Å². The smallest absolute Gasteiger partial charge is 0.338 e. The molecule has 9 heteroatoms. The minimum atomic E-state index is -0.468. The molecular weight excluding hydrogens is 365 g/mol. The second kappa shape index (κ2) is 6.83. The quantitative estimate of drug-likeness (QED) is 0.687. The van der Waals surface area contributed by atoms with Crippen LogP contribution in [-0.4, -0.2) is 50.2 Å². The third kappa shape index (κ3) is 2.88. The minimum absolute atomic E-state index is 0.124. The van der Waals surface area contributed by atoms with Gasteiger partial charge < -0.3 is 9.64 Å². The maximum absolute atomic E-state index is 13.5. The van der Waals surface area contributed by atoms with Gasteiger partial charge in [0, 0.05) is 33.2 Å². The summed E-state index contributed by atoms with van der Waals surface area (Å²) >= 11 is 0. The summed E-state index contributed by atoms with van der Waals surface area (Å²) in [6.45, 7) is 2.87. The van der Waals surface area contributed by atoms with Crippen LogP contribution in [0.15, 0.2) is 29.2 Å². The van der Waals surface area contributed by atoms with Gasteiger partial charge in [-0.25, -0.2) is 28.5 Å². The lowest BCUT2D eigenvalue weighted by molar-refractivity contribution is 0.152. The molecule has 0 spiro atoms. The molecule has 0 bridgehead atoms. The standard InChI is InChI=1S/C19H20FN5O3/c1-11-6-12(4-5-14(11)20)13-8-24(9-13)19(27)25-15-7-21-16(10-28-3)22-17(15)23(2)18(25)26/h4-7,13H,8-10H2,1-3H3. The fraction of sp³-hybridized carbons (Fsp3) is 0.368. The predicted octanol–water partition coefficient (Wildman–Crippen LogP) is 1.79. The van der Waals surface area contributed by atoms with E-state index in [0.29, 0.717) is 35.6 Å². The van der Waals surface area contributed by atoms with Crippen molar-refractivity contribution in [2.45, 2.75) is 19.4 Å². The van der Waals surface area contributed by atoms with Crippen molar-refractivity contribution < 1.29 is 13.9 Å². The number of fused-ring (bicyclic) bond motifs is 1. The van der Waals surface area contributed by atoms with E-state index in [2.05, 4.69) is 9.97 Å². The topological polar surface area (TPSA) is 82.2 Å². The number of carbonyl (C=O) groups is 1. The lowest BCUT2D eigenvalue weighted by atomic mass is 9.91. The molecule has 0 aliphatic carbocycles. The first-order valence-corrected chi connectivity index (χ1v) is 8.88. The van der Waals surface area contributed by atoms with Gasteiger partial charge in [0.1, 0.15) is 17.9 Å². The summed E-state index contributed by atoms with van der Waals surface area (Å²) < 4.78 is 20.9. The highest BCUT2D eigenvalue weighted by atomic mass is 19.1. The number of ether oxygens (including phenoxy) is 1. The van der Waals surface area contributed by atoms with Crippen LogP contribution in [0.25, 0.3) is 11.2 Å². The van der Waals surface area contributed by atoms with Gasteiger partial charge in [-0.3, -0.25) is 4.57 Å². The van der Waals surface area contributed by atoms with Gasteiger partial charge >= 0.3 is 11.7 Å². The normalized spacial score (nSPS) is 14.5. The number of benzene rings is 1. The van der Waals surface area contributed by atoms with Crippen LogP contribution in [0.3, 0.4) is 0 Å². The first kappa shape index (κ1) is 18.3. The molecule has 8 nitrogen and oxygen atoms in total. The highest BCUT2D eigenvalue weighted by Crippen LogP contribution is 2.29. The molecular formula is C19H20FN5O3. The van der Waals surface area contributed by atoms with Gasteiger partial charge in [-0.1, -0.05) is 12.1 Å². The number of nitrogens with zero attached hydrogens (tertiary/aromatic N) is 5. The number of carbonyl (C=O) groups excluding carboxylic acids is 1. The Bertz CT molecular complexity index is 1130. The summed E-state index contributed by atoms with van der Waals surface area (Å²) in [5.74, 6) is 0.315. The SMILES string of the molecule is COCc1ncc2c(n1)n(C)c(=O)n2C(=O)N1CC(c2ccc(F)c(C)c2)C1. The zero-order chi connectivity index (χ0) is 20.0.